The third-order valence-corrected chi connectivity index (χ3v) is 2.55. The van der Waals surface area contributed by atoms with Crippen LogP contribution in [0.5, 0.6) is 0 Å². The topological polar surface area (TPSA) is 44.6 Å². The highest BCUT2D eigenvalue weighted by molar-refractivity contribution is 9.10. The van der Waals surface area contributed by atoms with Crippen molar-refractivity contribution in [2.45, 2.75) is 0 Å². The summed E-state index contributed by atoms with van der Waals surface area (Å²) in [5.74, 6) is 0. The third-order valence-electron chi connectivity index (χ3n) is 1.91. The summed E-state index contributed by atoms with van der Waals surface area (Å²) in [6.45, 7) is 0. The van der Waals surface area contributed by atoms with Crippen molar-refractivity contribution in [2.24, 2.45) is 7.05 Å². The van der Waals surface area contributed by atoms with Crippen LogP contribution >= 0.6 is 32.9 Å². The summed E-state index contributed by atoms with van der Waals surface area (Å²) in [4.78, 5) is 2.97. The van der Waals surface area contributed by atoms with Gasteiger partial charge in [0.1, 0.15) is 0 Å². The first-order valence-electron chi connectivity index (χ1n) is 3.58. The van der Waals surface area contributed by atoms with E-state index >= 15 is 0 Å². The highest BCUT2D eigenvalue weighted by Gasteiger charge is 2.02. The van der Waals surface area contributed by atoms with Crippen LogP contribution in [-0.2, 0) is 7.05 Å². The highest BCUT2D eigenvalue weighted by atomic mass is 79.9. The van der Waals surface area contributed by atoms with Crippen molar-refractivity contribution in [1.29, 1.82) is 5.41 Å². The highest BCUT2D eigenvalue weighted by Crippen LogP contribution is 2.20. The Morgan fingerprint density at radius 2 is 2.15 bits per heavy atom. The number of hydrogen-bond acceptors (Lipinski definition) is 1. The Morgan fingerprint density at radius 3 is 2.77 bits per heavy atom. The molecule has 0 aliphatic carbocycles. The van der Waals surface area contributed by atoms with Crippen LogP contribution < -0.4 is 5.62 Å². The fourth-order valence-corrected chi connectivity index (χ4v) is 1.91. The molecular formula is C8H9Br2N3. The van der Waals surface area contributed by atoms with Crippen LogP contribution in [0.4, 0.5) is 0 Å². The lowest BCUT2D eigenvalue weighted by molar-refractivity contribution is 0.833. The van der Waals surface area contributed by atoms with E-state index in [1.165, 1.54) is 0 Å². The van der Waals surface area contributed by atoms with Gasteiger partial charge in [-0.2, -0.15) is 0 Å². The van der Waals surface area contributed by atoms with E-state index < -0.39 is 0 Å². The lowest BCUT2D eigenvalue weighted by atomic mass is 10.3. The molecule has 1 aromatic heterocycles. The molecule has 0 fully saturated rings. The number of aryl methyl sites for hydroxylation is 1. The quantitative estimate of drug-likeness (QED) is 0.750. The lowest BCUT2D eigenvalue weighted by Gasteiger charge is -1.95. The van der Waals surface area contributed by atoms with Crippen LogP contribution in [0.15, 0.2) is 22.7 Å². The average molecular weight is 307 g/mol. The maximum absolute atomic E-state index is 7.53. The van der Waals surface area contributed by atoms with Gasteiger partial charge in [-0.3, -0.25) is 5.41 Å². The van der Waals surface area contributed by atoms with Gasteiger partial charge in [0.05, 0.1) is 11.0 Å². The van der Waals surface area contributed by atoms with E-state index in [1.807, 2.05) is 25.2 Å². The Balaban J connectivity index is 0.000000845. The Morgan fingerprint density at radius 1 is 1.46 bits per heavy atom. The summed E-state index contributed by atoms with van der Waals surface area (Å²) in [5, 5.41) is 7.53. The molecule has 0 amide bonds. The molecule has 2 N–H and O–H groups in total. The number of aromatic nitrogens is 2. The Labute approximate surface area is 94.2 Å². The molecule has 5 heteroatoms. The zero-order valence-electron chi connectivity index (χ0n) is 6.97. The van der Waals surface area contributed by atoms with E-state index in [0.717, 1.165) is 15.5 Å². The van der Waals surface area contributed by atoms with Crippen molar-refractivity contribution in [3.63, 3.8) is 0 Å². The first-order chi connectivity index (χ1) is 5.70. The van der Waals surface area contributed by atoms with E-state index in [0.29, 0.717) is 5.62 Å². The number of hydrogen-bond donors (Lipinski definition) is 2. The summed E-state index contributed by atoms with van der Waals surface area (Å²) in [6.07, 6.45) is 0. The molecule has 1 aromatic carbocycles. The molecule has 0 aliphatic heterocycles. The Bertz CT molecular complexity index is 484. The van der Waals surface area contributed by atoms with Gasteiger partial charge in [0.2, 0.25) is 0 Å². The van der Waals surface area contributed by atoms with E-state index in [9.17, 15) is 0 Å². The maximum Gasteiger partial charge on any atom is 0.200 e. The minimum absolute atomic E-state index is 0. The number of imidazole rings is 1. The third kappa shape index (κ3) is 1.58. The van der Waals surface area contributed by atoms with Gasteiger partial charge < -0.3 is 9.55 Å². The van der Waals surface area contributed by atoms with Crippen molar-refractivity contribution in [3.8, 4) is 0 Å². The molecule has 2 rings (SSSR count). The van der Waals surface area contributed by atoms with Crippen LogP contribution in [0.2, 0.25) is 0 Å². The zero-order chi connectivity index (χ0) is 8.72. The zero-order valence-corrected chi connectivity index (χ0v) is 10.3. The normalized spacial score (nSPS) is 10.0. The molecular weight excluding hydrogens is 298 g/mol. The number of para-hydroxylation sites is 1. The monoisotopic (exact) mass is 305 g/mol. The predicted molar refractivity (Wildman–Crippen MR) is 61.1 cm³/mol. The summed E-state index contributed by atoms with van der Waals surface area (Å²) < 4.78 is 2.82. The molecule has 0 saturated heterocycles. The smallest absolute Gasteiger partial charge is 0.200 e. The fourth-order valence-electron chi connectivity index (χ4n) is 1.28. The summed E-state index contributed by atoms with van der Waals surface area (Å²) >= 11 is 3.44. The second-order valence-electron chi connectivity index (χ2n) is 2.67. The van der Waals surface area contributed by atoms with Gasteiger partial charge in [0.25, 0.3) is 0 Å². The number of nitrogens with zero attached hydrogens (tertiary/aromatic N) is 1. The van der Waals surface area contributed by atoms with Gasteiger partial charge in [0, 0.05) is 11.5 Å². The molecule has 0 bridgehead atoms. The van der Waals surface area contributed by atoms with Crippen molar-refractivity contribution < 1.29 is 0 Å². The minimum atomic E-state index is 0. The fraction of sp³-hybridized carbons (Fsp3) is 0.125. The Kier molecular flexibility index (Phi) is 2.98. The standard InChI is InChI=1S/C8H8BrN3.BrH/c1-12-7-5(9)3-2-4-6(7)11-8(12)10;/h2-4H,1H3,(H2,10,11);1H. The second kappa shape index (κ2) is 3.67. The number of H-pyrrole nitrogens is 1. The van der Waals surface area contributed by atoms with E-state index in [2.05, 4.69) is 20.9 Å². The number of nitrogens with one attached hydrogen (secondary N) is 2. The summed E-state index contributed by atoms with van der Waals surface area (Å²) in [6, 6.07) is 5.87. The van der Waals surface area contributed by atoms with Crippen molar-refractivity contribution in [1.82, 2.24) is 9.55 Å². The second-order valence-corrected chi connectivity index (χ2v) is 3.52. The summed E-state index contributed by atoms with van der Waals surface area (Å²) in [7, 11) is 1.87. The van der Waals surface area contributed by atoms with E-state index in [1.54, 1.807) is 4.57 Å². The molecule has 0 aliphatic rings. The van der Waals surface area contributed by atoms with Gasteiger partial charge >= 0.3 is 0 Å². The van der Waals surface area contributed by atoms with Gasteiger partial charge in [0.15, 0.2) is 5.62 Å². The van der Waals surface area contributed by atoms with Crippen LogP contribution in [-0.4, -0.2) is 9.55 Å². The van der Waals surface area contributed by atoms with Gasteiger partial charge in [-0.1, -0.05) is 6.07 Å². The number of aromatic amines is 1. The molecule has 2 aromatic rings. The molecule has 13 heavy (non-hydrogen) atoms. The van der Waals surface area contributed by atoms with Crippen molar-refractivity contribution >= 4 is 43.9 Å². The number of fused-ring (bicyclic) bond motifs is 1. The number of benzene rings is 1. The number of halogens is 2. The molecule has 3 nitrogen and oxygen atoms in total. The first-order valence-corrected chi connectivity index (χ1v) is 4.37. The SMILES string of the molecule is Br.Cn1c(=N)[nH]c2cccc(Br)c21. The van der Waals surface area contributed by atoms with Crippen LogP contribution in [0, 0.1) is 5.41 Å². The Hall–Kier alpha value is -0.550. The van der Waals surface area contributed by atoms with E-state index in [4.69, 9.17) is 5.41 Å². The van der Waals surface area contributed by atoms with Crippen molar-refractivity contribution in [3.05, 3.63) is 28.3 Å². The minimum Gasteiger partial charge on any atom is -0.324 e. The molecule has 0 saturated carbocycles. The maximum atomic E-state index is 7.53. The molecule has 70 valence electrons. The lowest BCUT2D eigenvalue weighted by Crippen LogP contribution is -2.12. The van der Waals surface area contributed by atoms with Gasteiger partial charge in [-0.15, -0.1) is 17.0 Å². The van der Waals surface area contributed by atoms with Crippen LogP contribution in [0.1, 0.15) is 0 Å². The molecule has 0 unspecified atom stereocenters. The van der Waals surface area contributed by atoms with Crippen LogP contribution in [0.25, 0.3) is 11.0 Å². The van der Waals surface area contributed by atoms with Crippen LogP contribution in [0.3, 0.4) is 0 Å². The van der Waals surface area contributed by atoms with Crippen molar-refractivity contribution in [2.75, 3.05) is 0 Å². The largest absolute Gasteiger partial charge is 0.324 e. The molecule has 0 atom stereocenters. The summed E-state index contributed by atoms with van der Waals surface area (Å²) in [5.41, 5.74) is 2.43. The molecule has 0 radical (unpaired) electrons. The molecule has 0 spiro atoms. The van der Waals surface area contributed by atoms with E-state index in [-0.39, 0.29) is 17.0 Å². The average Bonchev–Trinajstić information content (AvgIpc) is 2.29. The number of rotatable bonds is 0. The van der Waals surface area contributed by atoms with Gasteiger partial charge in [-0.25, -0.2) is 0 Å². The first kappa shape index (κ1) is 10.5. The molecule has 1 heterocycles. The predicted octanol–water partition coefficient (Wildman–Crippen LogP) is 2.33. The van der Waals surface area contributed by atoms with Gasteiger partial charge in [-0.05, 0) is 28.1 Å².